The number of hydrogen-bond acceptors (Lipinski definition) is 5. The second-order valence-corrected chi connectivity index (χ2v) is 5.23. The molecule has 6 heteroatoms. The first-order chi connectivity index (χ1) is 9.56. The van der Waals surface area contributed by atoms with Crippen LogP contribution in [0, 0.1) is 10.1 Å². The maximum atomic E-state index is 11.2. The van der Waals surface area contributed by atoms with Crippen molar-refractivity contribution in [3.63, 3.8) is 0 Å². The molecule has 0 aliphatic carbocycles. The molecule has 1 aliphatic rings. The Morgan fingerprint density at radius 2 is 2.20 bits per heavy atom. The van der Waals surface area contributed by atoms with Crippen LogP contribution in [0.2, 0.25) is 0 Å². The van der Waals surface area contributed by atoms with E-state index in [1.807, 2.05) is 0 Å². The number of nitrogens with zero attached hydrogens (tertiary/aromatic N) is 3. The van der Waals surface area contributed by atoms with Crippen LogP contribution in [0.3, 0.4) is 0 Å². The molecule has 1 aromatic carbocycles. The number of nitro groups is 1. The molecule has 1 aliphatic heterocycles. The van der Waals surface area contributed by atoms with Crippen LogP contribution < -0.4 is 4.90 Å². The summed E-state index contributed by atoms with van der Waals surface area (Å²) in [7, 11) is 2.09. The fourth-order valence-electron chi connectivity index (χ4n) is 2.69. The van der Waals surface area contributed by atoms with Gasteiger partial charge in [-0.1, -0.05) is 13.0 Å². The van der Waals surface area contributed by atoms with E-state index in [1.165, 1.54) is 6.07 Å². The predicted molar refractivity (Wildman–Crippen MR) is 77.9 cm³/mol. The molecule has 0 spiro atoms. The molecular formula is C14H21N3O3. The molecule has 110 valence electrons. The van der Waals surface area contributed by atoms with Crippen molar-refractivity contribution < 1.29 is 10.0 Å². The van der Waals surface area contributed by atoms with Gasteiger partial charge in [-0.05, 0) is 25.1 Å². The zero-order chi connectivity index (χ0) is 14.7. The number of benzene rings is 1. The van der Waals surface area contributed by atoms with Crippen LogP contribution in [-0.2, 0) is 6.61 Å². The normalized spacial score (nSPS) is 20.1. The van der Waals surface area contributed by atoms with Crippen molar-refractivity contribution >= 4 is 11.4 Å². The molecule has 0 bridgehead atoms. The molecule has 0 saturated carbocycles. The summed E-state index contributed by atoms with van der Waals surface area (Å²) in [6, 6.07) is 5.39. The van der Waals surface area contributed by atoms with Crippen molar-refractivity contribution in [2.24, 2.45) is 0 Å². The van der Waals surface area contributed by atoms with Gasteiger partial charge in [-0.3, -0.25) is 15.0 Å². The van der Waals surface area contributed by atoms with E-state index in [0.29, 0.717) is 17.3 Å². The van der Waals surface area contributed by atoms with E-state index in [0.717, 1.165) is 26.1 Å². The minimum Gasteiger partial charge on any atom is -0.392 e. The third-order valence-electron chi connectivity index (χ3n) is 4.01. The molecule has 1 fully saturated rings. The van der Waals surface area contributed by atoms with Crippen LogP contribution in [0.15, 0.2) is 18.2 Å². The third kappa shape index (κ3) is 2.91. The van der Waals surface area contributed by atoms with Crippen molar-refractivity contribution in [2.75, 3.05) is 31.6 Å². The Morgan fingerprint density at radius 3 is 2.80 bits per heavy atom. The Morgan fingerprint density at radius 1 is 1.45 bits per heavy atom. The van der Waals surface area contributed by atoms with E-state index in [4.69, 9.17) is 5.11 Å². The van der Waals surface area contributed by atoms with E-state index in [1.54, 1.807) is 12.1 Å². The minimum absolute atomic E-state index is 0.0796. The van der Waals surface area contributed by atoms with Crippen molar-refractivity contribution in [2.45, 2.75) is 26.0 Å². The molecule has 1 saturated heterocycles. The van der Waals surface area contributed by atoms with E-state index < -0.39 is 0 Å². The van der Waals surface area contributed by atoms with Gasteiger partial charge >= 0.3 is 0 Å². The summed E-state index contributed by atoms with van der Waals surface area (Å²) in [5.41, 5.74) is 1.30. The van der Waals surface area contributed by atoms with Crippen LogP contribution in [-0.4, -0.2) is 47.7 Å². The van der Waals surface area contributed by atoms with Crippen molar-refractivity contribution in [3.05, 3.63) is 33.9 Å². The fourth-order valence-corrected chi connectivity index (χ4v) is 2.69. The number of aliphatic hydroxyl groups excluding tert-OH is 1. The van der Waals surface area contributed by atoms with E-state index in [2.05, 4.69) is 23.8 Å². The lowest BCUT2D eigenvalue weighted by atomic mass is 10.1. The molecule has 0 radical (unpaired) electrons. The van der Waals surface area contributed by atoms with Gasteiger partial charge in [-0.15, -0.1) is 0 Å². The SMILES string of the molecule is CCC1CN(c2ccc(CO)cc2[N+](=O)[O-])CCN1C. The quantitative estimate of drug-likeness (QED) is 0.670. The first-order valence-corrected chi connectivity index (χ1v) is 6.90. The lowest BCUT2D eigenvalue weighted by Gasteiger charge is -2.40. The van der Waals surface area contributed by atoms with Gasteiger partial charge in [-0.2, -0.15) is 0 Å². The summed E-state index contributed by atoms with van der Waals surface area (Å²) >= 11 is 0. The van der Waals surface area contributed by atoms with Crippen molar-refractivity contribution in [1.29, 1.82) is 0 Å². The van der Waals surface area contributed by atoms with Gasteiger partial charge in [-0.25, -0.2) is 0 Å². The molecule has 1 heterocycles. The highest BCUT2D eigenvalue weighted by molar-refractivity contribution is 5.64. The zero-order valence-electron chi connectivity index (χ0n) is 12.0. The van der Waals surface area contributed by atoms with Crippen LogP contribution in [0.5, 0.6) is 0 Å². The van der Waals surface area contributed by atoms with E-state index in [9.17, 15) is 10.1 Å². The Kier molecular flexibility index (Phi) is 4.57. The highest BCUT2D eigenvalue weighted by Gasteiger charge is 2.27. The molecule has 20 heavy (non-hydrogen) atoms. The number of anilines is 1. The first-order valence-electron chi connectivity index (χ1n) is 6.90. The molecule has 0 aromatic heterocycles. The number of rotatable bonds is 4. The Bertz CT molecular complexity index is 493. The molecule has 1 atom stereocenters. The molecule has 1 aromatic rings. The maximum Gasteiger partial charge on any atom is 0.292 e. The van der Waals surface area contributed by atoms with Gasteiger partial charge in [0.1, 0.15) is 5.69 Å². The fraction of sp³-hybridized carbons (Fsp3) is 0.571. The highest BCUT2D eigenvalue weighted by Crippen LogP contribution is 2.31. The molecule has 1 N–H and O–H groups in total. The summed E-state index contributed by atoms with van der Waals surface area (Å²) < 4.78 is 0. The minimum atomic E-state index is -0.367. The summed E-state index contributed by atoms with van der Waals surface area (Å²) in [6.45, 7) is 4.44. The van der Waals surface area contributed by atoms with Gasteiger partial charge in [0.2, 0.25) is 0 Å². The molecule has 1 unspecified atom stereocenters. The Balaban J connectivity index is 2.30. The molecule has 0 amide bonds. The summed E-state index contributed by atoms with van der Waals surface area (Å²) in [6.07, 6.45) is 1.02. The van der Waals surface area contributed by atoms with Crippen molar-refractivity contribution in [1.82, 2.24) is 4.90 Å². The predicted octanol–water partition coefficient (Wildman–Crippen LogP) is 1.62. The molecular weight excluding hydrogens is 258 g/mol. The second kappa shape index (κ2) is 6.19. The highest BCUT2D eigenvalue weighted by atomic mass is 16.6. The van der Waals surface area contributed by atoms with E-state index in [-0.39, 0.29) is 17.2 Å². The smallest absolute Gasteiger partial charge is 0.292 e. The number of piperazine rings is 1. The zero-order valence-corrected chi connectivity index (χ0v) is 12.0. The summed E-state index contributed by atoms with van der Waals surface area (Å²) in [5, 5.41) is 20.4. The average molecular weight is 279 g/mol. The van der Waals surface area contributed by atoms with Gasteiger partial charge < -0.3 is 10.0 Å². The maximum absolute atomic E-state index is 11.2. The van der Waals surface area contributed by atoms with Gasteiger partial charge in [0.15, 0.2) is 0 Å². The van der Waals surface area contributed by atoms with Crippen LogP contribution >= 0.6 is 0 Å². The lowest BCUT2D eigenvalue weighted by molar-refractivity contribution is -0.384. The number of nitro benzene ring substituents is 1. The first kappa shape index (κ1) is 14.7. The topological polar surface area (TPSA) is 69.8 Å². The van der Waals surface area contributed by atoms with Crippen LogP contribution in [0.25, 0.3) is 0 Å². The number of likely N-dealkylation sites (N-methyl/N-ethyl adjacent to an activating group) is 1. The molecule has 6 nitrogen and oxygen atoms in total. The van der Waals surface area contributed by atoms with E-state index >= 15 is 0 Å². The van der Waals surface area contributed by atoms with Crippen molar-refractivity contribution in [3.8, 4) is 0 Å². The average Bonchev–Trinajstić information content (AvgIpc) is 2.47. The van der Waals surface area contributed by atoms with Crippen LogP contribution in [0.1, 0.15) is 18.9 Å². The Hall–Kier alpha value is -1.66. The monoisotopic (exact) mass is 279 g/mol. The summed E-state index contributed by atoms with van der Waals surface area (Å²) in [5.74, 6) is 0. The summed E-state index contributed by atoms with van der Waals surface area (Å²) in [4.78, 5) is 15.2. The second-order valence-electron chi connectivity index (χ2n) is 5.23. The van der Waals surface area contributed by atoms with Gasteiger partial charge in [0, 0.05) is 31.7 Å². The number of hydrogen-bond donors (Lipinski definition) is 1. The standard InChI is InChI=1S/C14H21N3O3/c1-3-12-9-16(7-6-15(12)2)13-5-4-11(10-18)8-14(13)17(19)20/h4-5,8,12,18H,3,6-7,9-10H2,1-2H3. The molecule has 2 rings (SSSR count). The third-order valence-corrected chi connectivity index (χ3v) is 4.01. The van der Waals surface area contributed by atoms with Crippen LogP contribution in [0.4, 0.5) is 11.4 Å². The van der Waals surface area contributed by atoms with Gasteiger partial charge in [0.25, 0.3) is 5.69 Å². The Labute approximate surface area is 118 Å². The lowest BCUT2D eigenvalue weighted by Crippen LogP contribution is -2.51. The van der Waals surface area contributed by atoms with Gasteiger partial charge in [0.05, 0.1) is 11.5 Å². The number of aliphatic hydroxyl groups is 1. The largest absolute Gasteiger partial charge is 0.392 e.